The van der Waals surface area contributed by atoms with E-state index in [1.807, 2.05) is 6.92 Å². The van der Waals surface area contributed by atoms with Crippen LogP contribution in [0.2, 0.25) is 0 Å². The fraction of sp³-hybridized carbons (Fsp3) is 0.688. The lowest BCUT2D eigenvalue weighted by Crippen LogP contribution is -2.48. The van der Waals surface area contributed by atoms with Gasteiger partial charge < -0.3 is 15.5 Å². The Bertz CT molecular complexity index is 613. The monoisotopic (exact) mass is 367 g/mol. The second-order valence-corrected chi connectivity index (χ2v) is 7.14. The highest BCUT2D eigenvalue weighted by Crippen LogP contribution is 2.15. The maximum atomic E-state index is 12.3. The molecule has 1 aromatic rings. The van der Waals surface area contributed by atoms with Gasteiger partial charge in [-0.2, -0.15) is 0 Å². The Balaban J connectivity index is 1.70. The lowest BCUT2D eigenvalue weighted by molar-refractivity contribution is -0.136. The van der Waals surface area contributed by atoms with E-state index in [0.717, 1.165) is 43.8 Å². The summed E-state index contributed by atoms with van der Waals surface area (Å²) >= 11 is 1.32. The molecule has 1 aliphatic heterocycles. The van der Waals surface area contributed by atoms with Crippen molar-refractivity contribution in [3.63, 3.8) is 0 Å². The van der Waals surface area contributed by atoms with Crippen LogP contribution in [-0.4, -0.2) is 52.0 Å². The molecule has 8 nitrogen and oxygen atoms in total. The van der Waals surface area contributed by atoms with Crippen molar-refractivity contribution < 1.29 is 14.4 Å². The van der Waals surface area contributed by atoms with Crippen LogP contribution in [0.3, 0.4) is 0 Å². The summed E-state index contributed by atoms with van der Waals surface area (Å²) in [6, 6.07) is -0.566. The zero-order valence-electron chi connectivity index (χ0n) is 14.7. The van der Waals surface area contributed by atoms with Gasteiger partial charge in [-0.25, -0.2) is 0 Å². The molecule has 0 radical (unpaired) electrons. The molecule has 0 bridgehead atoms. The number of aromatic nitrogens is 2. The van der Waals surface area contributed by atoms with Gasteiger partial charge in [-0.1, -0.05) is 18.3 Å². The van der Waals surface area contributed by atoms with E-state index < -0.39 is 6.04 Å². The Kier molecular flexibility index (Phi) is 7.30. The molecule has 0 saturated carbocycles. The number of carbonyl (C=O) groups excluding carboxylic acids is 3. The van der Waals surface area contributed by atoms with Crippen LogP contribution in [0.5, 0.6) is 0 Å². The minimum absolute atomic E-state index is 0.0306. The first kappa shape index (κ1) is 19.3. The van der Waals surface area contributed by atoms with Crippen molar-refractivity contribution in [3.05, 3.63) is 5.01 Å². The SMILES string of the molecule is CCc1nnc(NC(=O)CCC(=O)NC(C)C(=O)N2CCCCC2)s1. The van der Waals surface area contributed by atoms with Crippen molar-refractivity contribution in [3.8, 4) is 0 Å². The van der Waals surface area contributed by atoms with E-state index in [2.05, 4.69) is 20.8 Å². The summed E-state index contributed by atoms with van der Waals surface area (Å²) < 4.78 is 0. The van der Waals surface area contributed by atoms with Crippen molar-refractivity contribution >= 4 is 34.2 Å². The Morgan fingerprint density at radius 3 is 2.44 bits per heavy atom. The van der Waals surface area contributed by atoms with Crippen LogP contribution in [-0.2, 0) is 20.8 Å². The van der Waals surface area contributed by atoms with Crippen LogP contribution in [0.4, 0.5) is 5.13 Å². The van der Waals surface area contributed by atoms with Crippen molar-refractivity contribution in [2.75, 3.05) is 18.4 Å². The molecule has 25 heavy (non-hydrogen) atoms. The molecule has 138 valence electrons. The third-order valence-electron chi connectivity index (χ3n) is 4.01. The molecule has 0 aromatic carbocycles. The molecule has 1 saturated heterocycles. The predicted molar refractivity (Wildman–Crippen MR) is 95.2 cm³/mol. The number of hydrogen-bond donors (Lipinski definition) is 2. The molecule has 1 atom stereocenters. The highest BCUT2D eigenvalue weighted by Gasteiger charge is 2.23. The fourth-order valence-electron chi connectivity index (χ4n) is 2.62. The number of hydrogen-bond acceptors (Lipinski definition) is 6. The third-order valence-corrected chi connectivity index (χ3v) is 4.99. The first-order valence-electron chi connectivity index (χ1n) is 8.70. The smallest absolute Gasteiger partial charge is 0.244 e. The van der Waals surface area contributed by atoms with E-state index in [0.29, 0.717) is 5.13 Å². The Hall–Kier alpha value is -2.03. The quantitative estimate of drug-likeness (QED) is 0.757. The predicted octanol–water partition coefficient (Wildman–Crippen LogP) is 1.34. The van der Waals surface area contributed by atoms with Crippen LogP contribution < -0.4 is 10.6 Å². The molecule has 3 amide bonds. The minimum atomic E-state index is -0.566. The van der Waals surface area contributed by atoms with Gasteiger partial charge in [0.2, 0.25) is 22.9 Å². The molecule has 0 spiro atoms. The summed E-state index contributed by atoms with van der Waals surface area (Å²) in [5.41, 5.74) is 0. The highest BCUT2D eigenvalue weighted by atomic mass is 32.1. The summed E-state index contributed by atoms with van der Waals surface area (Å²) in [5, 5.41) is 14.4. The Labute approximate surface area is 151 Å². The minimum Gasteiger partial charge on any atom is -0.345 e. The standard InChI is InChI=1S/C16H25N5O3S/c1-3-14-19-20-16(25-14)18-13(23)8-7-12(22)17-11(2)15(24)21-9-5-4-6-10-21/h11H,3-10H2,1-2H3,(H,17,22)(H,18,20,23). The zero-order chi connectivity index (χ0) is 18.2. The topological polar surface area (TPSA) is 104 Å². The summed E-state index contributed by atoms with van der Waals surface area (Å²) in [5.74, 6) is -0.651. The summed E-state index contributed by atoms with van der Waals surface area (Å²) in [7, 11) is 0. The van der Waals surface area contributed by atoms with Gasteiger partial charge in [-0.05, 0) is 32.6 Å². The largest absolute Gasteiger partial charge is 0.345 e. The number of likely N-dealkylation sites (tertiary alicyclic amines) is 1. The molecule has 1 unspecified atom stereocenters. The van der Waals surface area contributed by atoms with Crippen molar-refractivity contribution in [1.82, 2.24) is 20.4 Å². The fourth-order valence-corrected chi connectivity index (χ4v) is 3.32. The van der Waals surface area contributed by atoms with Gasteiger partial charge in [0.25, 0.3) is 0 Å². The van der Waals surface area contributed by atoms with Gasteiger partial charge in [-0.15, -0.1) is 10.2 Å². The van der Waals surface area contributed by atoms with Gasteiger partial charge in [-0.3, -0.25) is 14.4 Å². The van der Waals surface area contributed by atoms with E-state index in [1.54, 1.807) is 11.8 Å². The Morgan fingerprint density at radius 1 is 1.12 bits per heavy atom. The third kappa shape index (κ3) is 6.08. The van der Waals surface area contributed by atoms with E-state index in [-0.39, 0.29) is 30.6 Å². The normalized spacial score (nSPS) is 15.5. The van der Waals surface area contributed by atoms with Crippen molar-refractivity contribution in [2.45, 2.75) is 58.4 Å². The lowest BCUT2D eigenvalue weighted by atomic mass is 10.1. The average molecular weight is 367 g/mol. The van der Waals surface area contributed by atoms with Crippen LogP contribution in [0.1, 0.15) is 51.0 Å². The first-order valence-corrected chi connectivity index (χ1v) is 9.51. The maximum absolute atomic E-state index is 12.3. The van der Waals surface area contributed by atoms with Crippen molar-refractivity contribution in [2.24, 2.45) is 0 Å². The van der Waals surface area contributed by atoms with Crippen LogP contribution in [0.15, 0.2) is 0 Å². The summed E-state index contributed by atoms with van der Waals surface area (Å²) in [6.45, 7) is 5.15. The van der Waals surface area contributed by atoms with E-state index >= 15 is 0 Å². The van der Waals surface area contributed by atoms with Crippen LogP contribution in [0, 0.1) is 0 Å². The van der Waals surface area contributed by atoms with Gasteiger partial charge in [0.15, 0.2) is 0 Å². The van der Waals surface area contributed by atoms with Crippen LogP contribution in [0.25, 0.3) is 0 Å². The molecule has 0 aliphatic carbocycles. The number of amides is 3. The number of piperidine rings is 1. The van der Waals surface area contributed by atoms with E-state index in [1.165, 1.54) is 11.3 Å². The average Bonchev–Trinajstić information content (AvgIpc) is 3.07. The molecule has 1 aliphatic rings. The highest BCUT2D eigenvalue weighted by molar-refractivity contribution is 7.15. The number of nitrogens with zero attached hydrogens (tertiary/aromatic N) is 3. The molecule has 1 aromatic heterocycles. The molecule has 1 fully saturated rings. The van der Waals surface area contributed by atoms with Gasteiger partial charge in [0.1, 0.15) is 11.0 Å². The molecular formula is C16H25N5O3S. The first-order chi connectivity index (χ1) is 12.0. The molecular weight excluding hydrogens is 342 g/mol. The second-order valence-electron chi connectivity index (χ2n) is 6.08. The van der Waals surface area contributed by atoms with Crippen molar-refractivity contribution in [1.29, 1.82) is 0 Å². The number of anilines is 1. The van der Waals surface area contributed by atoms with Crippen LogP contribution >= 0.6 is 11.3 Å². The Morgan fingerprint density at radius 2 is 1.80 bits per heavy atom. The summed E-state index contributed by atoms with van der Waals surface area (Å²) in [4.78, 5) is 37.9. The maximum Gasteiger partial charge on any atom is 0.244 e. The number of aryl methyl sites for hydroxylation is 1. The van der Waals surface area contributed by atoms with Gasteiger partial charge >= 0.3 is 0 Å². The lowest BCUT2D eigenvalue weighted by Gasteiger charge is -2.29. The number of carbonyl (C=O) groups is 3. The molecule has 2 rings (SSSR count). The zero-order valence-corrected chi connectivity index (χ0v) is 15.5. The van der Waals surface area contributed by atoms with Gasteiger partial charge in [0, 0.05) is 25.9 Å². The summed E-state index contributed by atoms with van der Waals surface area (Å²) in [6.07, 6.45) is 4.00. The molecule has 2 heterocycles. The van der Waals surface area contributed by atoms with Gasteiger partial charge in [0.05, 0.1) is 0 Å². The van der Waals surface area contributed by atoms with E-state index in [4.69, 9.17) is 0 Å². The molecule has 9 heteroatoms. The second kappa shape index (κ2) is 9.45. The number of rotatable bonds is 7. The number of nitrogens with one attached hydrogen (secondary N) is 2. The van der Waals surface area contributed by atoms with E-state index in [9.17, 15) is 14.4 Å². The molecule has 2 N–H and O–H groups in total.